The quantitative estimate of drug-likeness (QED) is 0.634. The second-order valence-corrected chi connectivity index (χ2v) is 5.93. The van der Waals surface area contributed by atoms with E-state index in [4.69, 9.17) is 27.6 Å². The van der Waals surface area contributed by atoms with E-state index in [1.54, 1.807) is 18.2 Å². The summed E-state index contributed by atoms with van der Waals surface area (Å²) in [5, 5.41) is 11.0. The highest BCUT2D eigenvalue weighted by Gasteiger charge is 2.17. The molecule has 3 rings (SSSR count). The summed E-state index contributed by atoms with van der Waals surface area (Å²) in [6.45, 7) is 5.07. The molecule has 8 heteroatoms. The van der Waals surface area contributed by atoms with Crippen molar-refractivity contribution >= 4 is 41.6 Å². The zero-order valence-electron chi connectivity index (χ0n) is 13.1. The van der Waals surface area contributed by atoms with E-state index in [1.165, 1.54) is 6.39 Å². The molecule has 0 saturated heterocycles. The second-order valence-electron chi connectivity index (χ2n) is 5.15. The third-order valence-corrected chi connectivity index (χ3v) is 4.30. The van der Waals surface area contributed by atoms with Crippen LogP contribution in [0.15, 0.2) is 46.1 Å². The zero-order valence-corrected chi connectivity index (χ0v) is 14.6. The van der Waals surface area contributed by atoms with E-state index in [0.717, 1.165) is 11.1 Å². The molecule has 0 aliphatic carbocycles. The lowest BCUT2D eigenvalue weighted by molar-refractivity contribution is 0.260. The lowest BCUT2D eigenvalue weighted by Gasteiger charge is -2.13. The van der Waals surface area contributed by atoms with Crippen molar-refractivity contribution in [3.05, 3.63) is 52.3 Å². The molecule has 6 nitrogen and oxygen atoms in total. The standard InChI is InChI=1S/C17H12Cl2N4O2/c1-9-3-4-10(7-13(9)22-17(24)20-2)14-12(18)6-5-11(15(14)19)16-23-21-8-25-16/h3-8H,2H2,1H3,(H,22,24). The summed E-state index contributed by atoms with van der Waals surface area (Å²) in [6.07, 6.45) is 1.22. The van der Waals surface area contributed by atoms with Crippen molar-refractivity contribution in [1.29, 1.82) is 0 Å². The predicted molar refractivity (Wildman–Crippen MR) is 98.5 cm³/mol. The first-order chi connectivity index (χ1) is 12.0. The molecule has 0 fully saturated rings. The summed E-state index contributed by atoms with van der Waals surface area (Å²) in [6, 6.07) is 8.34. The fourth-order valence-electron chi connectivity index (χ4n) is 2.34. The van der Waals surface area contributed by atoms with Crippen molar-refractivity contribution in [1.82, 2.24) is 10.2 Å². The highest BCUT2D eigenvalue weighted by Crippen LogP contribution is 2.41. The number of amides is 2. The molecule has 2 aromatic carbocycles. The number of hydrogen-bond donors (Lipinski definition) is 1. The third-order valence-electron chi connectivity index (χ3n) is 3.59. The van der Waals surface area contributed by atoms with Crippen LogP contribution in [-0.4, -0.2) is 22.9 Å². The highest BCUT2D eigenvalue weighted by molar-refractivity contribution is 6.40. The number of carbonyl (C=O) groups is 1. The van der Waals surface area contributed by atoms with Crippen LogP contribution in [0.3, 0.4) is 0 Å². The number of nitrogens with zero attached hydrogens (tertiary/aromatic N) is 3. The van der Waals surface area contributed by atoms with Gasteiger partial charge in [0.25, 0.3) is 0 Å². The van der Waals surface area contributed by atoms with Crippen molar-refractivity contribution in [2.24, 2.45) is 4.99 Å². The molecule has 0 aliphatic rings. The lowest BCUT2D eigenvalue weighted by Crippen LogP contribution is -2.06. The summed E-state index contributed by atoms with van der Waals surface area (Å²) in [4.78, 5) is 14.8. The van der Waals surface area contributed by atoms with Crippen LogP contribution in [0, 0.1) is 6.92 Å². The minimum atomic E-state index is -0.544. The van der Waals surface area contributed by atoms with Gasteiger partial charge >= 0.3 is 6.03 Å². The number of aromatic nitrogens is 2. The van der Waals surface area contributed by atoms with Crippen LogP contribution in [-0.2, 0) is 0 Å². The van der Waals surface area contributed by atoms with Crippen LogP contribution < -0.4 is 5.32 Å². The average Bonchev–Trinajstić information content (AvgIpc) is 3.12. The molecule has 0 atom stereocenters. The number of aryl methyl sites for hydroxylation is 1. The number of benzene rings is 2. The van der Waals surface area contributed by atoms with Crippen LogP contribution in [0.2, 0.25) is 10.0 Å². The van der Waals surface area contributed by atoms with E-state index in [1.807, 2.05) is 19.1 Å². The SMILES string of the molecule is C=NC(=O)Nc1cc(-c2c(Cl)ccc(-c3nnco3)c2Cl)ccc1C. The fraction of sp³-hybridized carbons (Fsp3) is 0.0588. The van der Waals surface area contributed by atoms with Gasteiger partial charge in [0.2, 0.25) is 12.3 Å². The molecule has 0 saturated carbocycles. The van der Waals surface area contributed by atoms with Crippen LogP contribution >= 0.6 is 23.2 Å². The molecule has 0 aliphatic heterocycles. The maximum Gasteiger partial charge on any atom is 0.344 e. The smallest absolute Gasteiger partial charge is 0.344 e. The monoisotopic (exact) mass is 374 g/mol. The van der Waals surface area contributed by atoms with Gasteiger partial charge < -0.3 is 9.73 Å². The Morgan fingerprint density at radius 2 is 2.08 bits per heavy atom. The van der Waals surface area contributed by atoms with Gasteiger partial charge in [0.1, 0.15) is 0 Å². The van der Waals surface area contributed by atoms with Crippen molar-refractivity contribution in [3.63, 3.8) is 0 Å². The highest BCUT2D eigenvalue weighted by atomic mass is 35.5. The number of carbonyl (C=O) groups excluding carboxylic acids is 1. The van der Waals surface area contributed by atoms with Gasteiger partial charge in [-0.05, 0) is 43.0 Å². The van der Waals surface area contributed by atoms with Gasteiger partial charge in [-0.3, -0.25) is 0 Å². The number of hydrogen-bond acceptors (Lipinski definition) is 4. The van der Waals surface area contributed by atoms with E-state index >= 15 is 0 Å². The Morgan fingerprint density at radius 3 is 2.76 bits per heavy atom. The predicted octanol–water partition coefficient (Wildman–Crippen LogP) is 5.25. The summed E-state index contributed by atoms with van der Waals surface area (Å²) in [7, 11) is 0. The Hall–Kier alpha value is -2.70. The molecule has 1 aromatic heterocycles. The Morgan fingerprint density at radius 1 is 1.28 bits per heavy atom. The first kappa shape index (κ1) is 17.1. The van der Waals surface area contributed by atoms with Crippen molar-refractivity contribution < 1.29 is 9.21 Å². The largest absolute Gasteiger partial charge is 0.423 e. The van der Waals surface area contributed by atoms with E-state index in [0.29, 0.717) is 32.8 Å². The maximum atomic E-state index is 11.5. The Kier molecular flexibility index (Phi) is 4.83. The molecule has 0 spiro atoms. The molecule has 0 radical (unpaired) electrons. The number of halogens is 2. The lowest BCUT2D eigenvalue weighted by atomic mass is 10.00. The van der Waals surface area contributed by atoms with Crippen molar-refractivity contribution in [2.75, 3.05) is 5.32 Å². The Labute approximate surface area is 153 Å². The van der Waals surface area contributed by atoms with E-state index in [2.05, 4.69) is 27.2 Å². The van der Waals surface area contributed by atoms with Crippen molar-refractivity contribution in [3.8, 4) is 22.6 Å². The van der Waals surface area contributed by atoms with Gasteiger partial charge in [0.05, 0.1) is 10.6 Å². The molecular weight excluding hydrogens is 363 g/mol. The van der Waals surface area contributed by atoms with E-state index < -0.39 is 6.03 Å². The van der Waals surface area contributed by atoms with Crippen LogP contribution in [0.25, 0.3) is 22.6 Å². The molecule has 0 bridgehead atoms. The Balaban J connectivity index is 2.13. The minimum absolute atomic E-state index is 0.291. The van der Waals surface area contributed by atoms with Gasteiger partial charge in [-0.1, -0.05) is 35.3 Å². The molecular formula is C17H12Cl2N4O2. The van der Waals surface area contributed by atoms with Gasteiger partial charge in [-0.2, -0.15) is 0 Å². The van der Waals surface area contributed by atoms with E-state index in [-0.39, 0.29) is 0 Å². The molecule has 1 N–H and O–H groups in total. The number of anilines is 1. The average molecular weight is 375 g/mol. The number of aliphatic imine (C=N–C) groups is 1. The van der Waals surface area contributed by atoms with Gasteiger partial charge in [-0.25, -0.2) is 9.79 Å². The molecule has 2 amide bonds. The first-order valence-corrected chi connectivity index (χ1v) is 7.90. The molecule has 0 unspecified atom stereocenters. The minimum Gasteiger partial charge on any atom is -0.423 e. The number of nitrogens with one attached hydrogen (secondary N) is 1. The van der Waals surface area contributed by atoms with Gasteiger partial charge in [-0.15, -0.1) is 10.2 Å². The molecule has 1 heterocycles. The molecule has 25 heavy (non-hydrogen) atoms. The van der Waals surface area contributed by atoms with Gasteiger partial charge in [0.15, 0.2) is 0 Å². The number of rotatable bonds is 3. The molecule has 3 aromatic rings. The van der Waals surface area contributed by atoms with Crippen LogP contribution in [0.4, 0.5) is 10.5 Å². The first-order valence-electron chi connectivity index (χ1n) is 7.14. The van der Waals surface area contributed by atoms with E-state index in [9.17, 15) is 4.79 Å². The molecule has 126 valence electrons. The summed E-state index contributed by atoms with van der Waals surface area (Å²) < 4.78 is 5.22. The maximum absolute atomic E-state index is 11.5. The van der Waals surface area contributed by atoms with Crippen LogP contribution in [0.1, 0.15) is 5.56 Å². The normalized spacial score (nSPS) is 10.5. The fourth-order valence-corrected chi connectivity index (χ4v) is 3.01. The number of urea groups is 1. The summed E-state index contributed by atoms with van der Waals surface area (Å²) in [5.41, 5.74) is 3.34. The van der Waals surface area contributed by atoms with Gasteiger partial charge in [0, 0.05) is 16.3 Å². The zero-order chi connectivity index (χ0) is 18.0. The summed E-state index contributed by atoms with van der Waals surface area (Å²) in [5.74, 6) is 0.291. The topological polar surface area (TPSA) is 80.4 Å². The van der Waals surface area contributed by atoms with Crippen LogP contribution in [0.5, 0.6) is 0 Å². The summed E-state index contributed by atoms with van der Waals surface area (Å²) >= 11 is 12.9. The van der Waals surface area contributed by atoms with Crippen molar-refractivity contribution in [2.45, 2.75) is 6.92 Å². The Bertz CT molecular complexity index is 956. The third kappa shape index (κ3) is 3.40. The second kappa shape index (κ2) is 7.04.